The van der Waals surface area contributed by atoms with Gasteiger partial charge in [-0.1, -0.05) is 24.3 Å². The summed E-state index contributed by atoms with van der Waals surface area (Å²) in [7, 11) is 0. The van der Waals surface area contributed by atoms with E-state index in [1.165, 1.54) is 26.0 Å². The molecule has 0 unspecified atom stereocenters. The molecular formula is C20H12F6. The molecule has 0 nitrogen and oxygen atoms in total. The van der Waals surface area contributed by atoms with Crippen LogP contribution in [0.1, 0.15) is 11.1 Å². The number of hydrogen-bond acceptors (Lipinski definition) is 0. The molecule has 134 valence electrons. The predicted octanol–water partition coefficient (Wildman–Crippen LogP) is 6.47. The molecule has 0 amide bonds. The van der Waals surface area contributed by atoms with E-state index in [1.54, 1.807) is 0 Å². The molecule has 0 aliphatic rings. The highest BCUT2D eigenvalue weighted by Crippen LogP contribution is 2.37. The Labute approximate surface area is 145 Å². The number of aryl methyl sites for hydroxylation is 2. The molecule has 0 aromatic heterocycles. The quantitative estimate of drug-likeness (QED) is 0.360. The van der Waals surface area contributed by atoms with Crippen molar-refractivity contribution in [1.29, 1.82) is 0 Å². The molecule has 0 atom stereocenters. The first-order chi connectivity index (χ1) is 12.2. The Morgan fingerprint density at radius 1 is 0.500 bits per heavy atom. The van der Waals surface area contributed by atoms with Crippen molar-refractivity contribution < 1.29 is 26.3 Å². The summed E-state index contributed by atoms with van der Waals surface area (Å²) in [5.74, 6) is -8.25. The first-order valence-corrected chi connectivity index (χ1v) is 7.61. The number of benzene rings is 3. The Morgan fingerprint density at radius 3 is 1.08 bits per heavy atom. The summed E-state index contributed by atoms with van der Waals surface area (Å²) in [5.41, 5.74) is -2.31. The van der Waals surface area contributed by atoms with Gasteiger partial charge in [0.2, 0.25) is 0 Å². The van der Waals surface area contributed by atoms with Crippen LogP contribution < -0.4 is 0 Å². The zero-order chi connectivity index (χ0) is 19.2. The smallest absolute Gasteiger partial charge is 0.170 e. The van der Waals surface area contributed by atoms with Gasteiger partial charge in [-0.3, -0.25) is 0 Å². The van der Waals surface area contributed by atoms with Gasteiger partial charge in [-0.25, -0.2) is 26.3 Å². The zero-order valence-corrected chi connectivity index (χ0v) is 13.7. The molecule has 0 N–H and O–H groups in total. The van der Waals surface area contributed by atoms with Crippen molar-refractivity contribution in [1.82, 2.24) is 0 Å². The van der Waals surface area contributed by atoms with E-state index in [4.69, 9.17) is 0 Å². The Bertz CT molecular complexity index is 912. The van der Waals surface area contributed by atoms with Gasteiger partial charge < -0.3 is 0 Å². The van der Waals surface area contributed by atoms with Gasteiger partial charge in [0.15, 0.2) is 23.3 Å². The van der Waals surface area contributed by atoms with Crippen LogP contribution in [0.3, 0.4) is 0 Å². The van der Waals surface area contributed by atoms with Crippen molar-refractivity contribution >= 4 is 0 Å². The van der Waals surface area contributed by atoms with Gasteiger partial charge >= 0.3 is 0 Å². The minimum Gasteiger partial charge on any atom is -0.207 e. The predicted molar refractivity (Wildman–Crippen MR) is 86.5 cm³/mol. The lowest BCUT2D eigenvalue weighted by molar-refractivity contribution is 0.462. The second-order valence-corrected chi connectivity index (χ2v) is 5.93. The second kappa shape index (κ2) is 6.52. The summed E-state index contributed by atoms with van der Waals surface area (Å²) < 4.78 is 85.3. The third-order valence-corrected chi connectivity index (χ3v) is 4.18. The molecule has 0 aliphatic heterocycles. The van der Waals surface area contributed by atoms with Crippen molar-refractivity contribution in [3.8, 4) is 22.3 Å². The van der Waals surface area contributed by atoms with Crippen LogP contribution in [-0.2, 0) is 0 Å². The summed E-state index contributed by atoms with van der Waals surface area (Å²) in [5, 5.41) is 0. The molecule has 3 rings (SSSR count). The fraction of sp³-hybridized carbons (Fsp3) is 0.100. The first-order valence-electron chi connectivity index (χ1n) is 7.61. The van der Waals surface area contributed by atoms with Crippen LogP contribution in [0.4, 0.5) is 26.3 Å². The van der Waals surface area contributed by atoms with Crippen molar-refractivity contribution in [2.45, 2.75) is 13.8 Å². The van der Waals surface area contributed by atoms with E-state index < -0.39 is 46.0 Å². The van der Waals surface area contributed by atoms with Crippen molar-refractivity contribution in [3.05, 3.63) is 82.4 Å². The highest BCUT2D eigenvalue weighted by molar-refractivity contribution is 5.73. The van der Waals surface area contributed by atoms with Crippen LogP contribution in [0.15, 0.2) is 36.4 Å². The molecule has 26 heavy (non-hydrogen) atoms. The van der Waals surface area contributed by atoms with E-state index in [0.29, 0.717) is 0 Å². The summed E-state index contributed by atoms with van der Waals surface area (Å²) in [6.07, 6.45) is 0. The molecule has 0 radical (unpaired) electrons. The molecule has 0 heterocycles. The molecule has 3 aromatic carbocycles. The highest BCUT2D eigenvalue weighted by atomic mass is 19.2. The van der Waals surface area contributed by atoms with E-state index in [0.717, 1.165) is 24.3 Å². The van der Waals surface area contributed by atoms with Crippen molar-refractivity contribution in [2.75, 3.05) is 0 Å². The lowest BCUT2D eigenvalue weighted by Crippen LogP contribution is -2.04. The molecule has 0 fully saturated rings. The number of halogens is 6. The van der Waals surface area contributed by atoms with Crippen LogP contribution in [0, 0.1) is 48.8 Å². The fourth-order valence-electron chi connectivity index (χ4n) is 2.64. The Morgan fingerprint density at radius 2 is 0.808 bits per heavy atom. The largest absolute Gasteiger partial charge is 0.207 e. The third kappa shape index (κ3) is 2.85. The number of rotatable bonds is 2. The molecule has 0 aliphatic carbocycles. The van der Waals surface area contributed by atoms with Crippen LogP contribution in [0.5, 0.6) is 0 Å². The van der Waals surface area contributed by atoms with Crippen LogP contribution in [0.2, 0.25) is 0 Å². The van der Waals surface area contributed by atoms with E-state index in [2.05, 4.69) is 0 Å². The fourth-order valence-corrected chi connectivity index (χ4v) is 2.64. The molecule has 0 spiro atoms. The topological polar surface area (TPSA) is 0 Å². The van der Waals surface area contributed by atoms with Crippen LogP contribution >= 0.6 is 0 Å². The summed E-state index contributed by atoms with van der Waals surface area (Å²) in [6.45, 7) is 2.87. The SMILES string of the molecule is Cc1ccc(-c2c(F)c(F)c(-c3ccc(C)c(F)c3)c(F)c2F)cc1F. The average Bonchev–Trinajstić information content (AvgIpc) is 2.60. The first kappa shape index (κ1) is 18.0. The van der Waals surface area contributed by atoms with Gasteiger partial charge in [-0.15, -0.1) is 0 Å². The van der Waals surface area contributed by atoms with Gasteiger partial charge in [0.05, 0.1) is 11.1 Å². The Balaban J connectivity index is 2.28. The van der Waals surface area contributed by atoms with Crippen molar-refractivity contribution in [2.24, 2.45) is 0 Å². The Kier molecular flexibility index (Phi) is 4.52. The maximum absolute atomic E-state index is 14.5. The highest BCUT2D eigenvalue weighted by Gasteiger charge is 2.27. The molecule has 0 saturated carbocycles. The Hall–Kier alpha value is -2.76. The standard InChI is InChI=1S/C20H12F6/c1-9-3-5-11(7-13(9)21)15-17(23)19(25)16(20(26)18(15)24)12-6-4-10(2)14(22)8-12/h3-8H,1-2H3. The van der Waals surface area contributed by atoms with Crippen LogP contribution in [-0.4, -0.2) is 0 Å². The van der Waals surface area contributed by atoms with E-state index in [1.807, 2.05) is 0 Å². The summed E-state index contributed by atoms with van der Waals surface area (Å²) in [4.78, 5) is 0. The molecular weight excluding hydrogens is 354 g/mol. The minimum absolute atomic E-state index is 0.210. The van der Waals surface area contributed by atoms with E-state index in [-0.39, 0.29) is 22.3 Å². The van der Waals surface area contributed by atoms with Gasteiger partial charge in [0.1, 0.15) is 11.6 Å². The average molecular weight is 366 g/mol. The molecule has 0 bridgehead atoms. The normalized spacial score (nSPS) is 11.1. The van der Waals surface area contributed by atoms with Crippen molar-refractivity contribution in [3.63, 3.8) is 0 Å². The van der Waals surface area contributed by atoms with Crippen LogP contribution in [0.25, 0.3) is 22.3 Å². The van der Waals surface area contributed by atoms with Gasteiger partial charge in [0, 0.05) is 0 Å². The van der Waals surface area contributed by atoms with E-state index in [9.17, 15) is 26.3 Å². The summed E-state index contributed by atoms with van der Waals surface area (Å²) >= 11 is 0. The molecule has 0 saturated heterocycles. The molecule has 6 heteroatoms. The van der Waals surface area contributed by atoms with Gasteiger partial charge in [-0.2, -0.15) is 0 Å². The monoisotopic (exact) mass is 366 g/mol. The third-order valence-electron chi connectivity index (χ3n) is 4.18. The maximum atomic E-state index is 14.5. The second-order valence-electron chi connectivity index (χ2n) is 5.93. The van der Waals surface area contributed by atoms with Gasteiger partial charge in [-0.05, 0) is 48.2 Å². The molecule has 3 aromatic rings. The van der Waals surface area contributed by atoms with E-state index >= 15 is 0 Å². The maximum Gasteiger partial charge on any atom is 0.170 e. The number of hydrogen-bond donors (Lipinski definition) is 0. The lowest BCUT2D eigenvalue weighted by atomic mass is 9.96. The minimum atomic E-state index is -1.68. The zero-order valence-electron chi connectivity index (χ0n) is 13.7. The summed E-state index contributed by atoms with van der Waals surface area (Å²) in [6, 6.07) is 6.38. The lowest BCUT2D eigenvalue weighted by Gasteiger charge is -2.13. The van der Waals surface area contributed by atoms with Gasteiger partial charge in [0.25, 0.3) is 0 Å².